The van der Waals surface area contributed by atoms with E-state index in [1.807, 2.05) is 19.1 Å². The lowest BCUT2D eigenvalue weighted by atomic mass is 9.48. The number of hydrazone groups is 1. The molecule has 0 heterocycles. The first-order chi connectivity index (χ1) is 21.3. The van der Waals surface area contributed by atoms with E-state index < -0.39 is 10.8 Å². The molecule has 7 rings (SSSR count). The van der Waals surface area contributed by atoms with Crippen LogP contribution in [0.3, 0.4) is 0 Å². The molecule has 2 amide bonds. The van der Waals surface area contributed by atoms with Gasteiger partial charge in [0.25, 0.3) is 17.5 Å². The molecule has 0 atom stereocenters. The largest absolute Gasteiger partial charge is 0.490 e. The number of nitro groups is 1. The number of carbonyl (C=O) groups is 2. The van der Waals surface area contributed by atoms with Crippen LogP contribution in [0.5, 0.6) is 11.5 Å². The lowest BCUT2D eigenvalue weighted by molar-refractivity contribution is -0.384. The third-order valence-corrected chi connectivity index (χ3v) is 9.17. The smallest absolute Gasteiger partial charge is 0.271 e. The average molecular weight is 597 g/mol. The quantitative estimate of drug-likeness (QED) is 0.153. The molecule has 3 aromatic rings. The van der Waals surface area contributed by atoms with Crippen molar-refractivity contribution < 1.29 is 24.0 Å². The van der Waals surface area contributed by atoms with Gasteiger partial charge in [-0.1, -0.05) is 12.1 Å². The molecule has 0 aliphatic heterocycles. The van der Waals surface area contributed by atoms with Crippen molar-refractivity contribution in [3.63, 3.8) is 0 Å². The molecule has 2 N–H and O–H groups in total. The first-order valence-corrected chi connectivity index (χ1v) is 15.2. The SMILES string of the molecule is CCOc1cc(/C=N/NC(=O)c2ccc([N+](=O)[O-])cc2)ccc1OCC(=O)Nc1ccc(C23CC4CC(CC(C4)C2)C3)cc1. The van der Waals surface area contributed by atoms with Gasteiger partial charge in [-0.2, -0.15) is 5.10 Å². The Labute approximate surface area is 256 Å². The van der Waals surface area contributed by atoms with Gasteiger partial charge < -0.3 is 14.8 Å². The van der Waals surface area contributed by atoms with Crippen molar-refractivity contribution in [2.45, 2.75) is 50.9 Å². The summed E-state index contributed by atoms with van der Waals surface area (Å²) in [6.45, 7) is 2.04. The van der Waals surface area contributed by atoms with E-state index >= 15 is 0 Å². The molecule has 4 aliphatic carbocycles. The molecular weight excluding hydrogens is 560 g/mol. The summed E-state index contributed by atoms with van der Waals surface area (Å²) >= 11 is 0. The highest BCUT2D eigenvalue weighted by Crippen LogP contribution is 2.60. The summed E-state index contributed by atoms with van der Waals surface area (Å²) < 4.78 is 11.5. The minimum absolute atomic E-state index is 0.102. The van der Waals surface area contributed by atoms with E-state index in [4.69, 9.17) is 9.47 Å². The molecule has 0 saturated heterocycles. The molecule has 228 valence electrons. The van der Waals surface area contributed by atoms with Crippen molar-refractivity contribution in [3.8, 4) is 11.5 Å². The molecule has 10 heteroatoms. The zero-order chi connectivity index (χ0) is 30.7. The van der Waals surface area contributed by atoms with Gasteiger partial charge >= 0.3 is 0 Å². The molecule has 3 aromatic carbocycles. The van der Waals surface area contributed by atoms with Crippen molar-refractivity contribution in [3.05, 3.63) is 93.5 Å². The Morgan fingerprint density at radius 2 is 1.59 bits per heavy atom. The number of benzene rings is 3. The molecule has 4 saturated carbocycles. The molecule has 4 fully saturated rings. The summed E-state index contributed by atoms with van der Waals surface area (Å²) in [6, 6.07) is 18.7. The predicted molar refractivity (Wildman–Crippen MR) is 166 cm³/mol. The lowest BCUT2D eigenvalue weighted by Gasteiger charge is -2.57. The first kappa shape index (κ1) is 29.3. The summed E-state index contributed by atoms with van der Waals surface area (Å²) in [4.78, 5) is 35.3. The summed E-state index contributed by atoms with van der Waals surface area (Å²) in [5.41, 5.74) is 5.66. The van der Waals surface area contributed by atoms with Crippen LogP contribution >= 0.6 is 0 Å². The van der Waals surface area contributed by atoms with Gasteiger partial charge in [0.15, 0.2) is 18.1 Å². The molecule has 0 spiro atoms. The van der Waals surface area contributed by atoms with E-state index in [0.717, 1.165) is 23.4 Å². The Morgan fingerprint density at radius 3 is 2.20 bits per heavy atom. The standard InChI is InChI=1S/C34H36N4O6/c1-2-43-31-16-22(20-35-37-33(40)26-4-10-29(11-5-26)38(41)42)3-12-30(31)44-21-32(39)36-28-8-6-27(7-9-28)34-17-23-13-24(18-34)15-25(14-23)19-34/h3-12,16,20,23-25H,2,13-15,17-19,21H2,1H3,(H,36,39)(H,37,40)/b35-20+. The van der Waals surface area contributed by atoms with Crippen LogP contribution in [0.1, 0.15) is 66.9 Å². The number of amides is 2. The van der Waals surface area contributed by atoms with E-state index in [2.05, 4.69) is 28.0 Å². The molecule has 10 nitrogen and oxygen atoms in total. The van der Waals surface area contributed by atoms with E-state index in [0.29, 0.717) is 29.1 Å². The van der Waals surface area contributed by atoms with Crippen LogP contribution in [0.2, 0.25) is 0 Å². The molecule has 4 bridgehead atoms. The molecule has 0 radical (unpaired) electrons. The Hall–Kier alpha value is -4.73. The van der Waals surface area contributed by atoms with Gasteiger partial charge in [-0.3, -0.25) is 19.7 Å². The molecule has 0 unspecified atom stereocenters. The fourth-order valence-corrected chi connectivity index (χ4v) is 7.67. The van der Waals surface area contributed by atoms with E-state index in [1.165, 1.54) is 74.6 Å². The predicted octanol–water partition coefficient (Wildman–Crippen LogP) is 6.24. The first-order valence-electron chi connectivity index (χ1n) is 15.2. The average Bonchev–Trinajstić information content (AvgIpc) is 3.00. The van der Waals surface area contributed by atoms with Crippen LogP contribution < -0.4 is 20.2 Å². The highest BCUT2D eigenvalue weighted by molar-refractivity contribution is 5.95. The summed E-state index contributed by atoms with van der Waals surface area (Å²) in [5, 5.41) is 17.7. The number of ether oxygens (including phenoxy) is 2. The normalized spacial score (nSPS) is 23.3. The van der Waals surface area contributed by atoms with Crippen molar-refractivity contribution in [1.29, 1.82) is 0 Å². The molecular formula is C34H36N4O6. The maximum absolute atomic E-state index is 12.7. The van der Waals surface area contributed by atoms with E-state index in [9.17, 15) is 19.7 Å². The minimum Gasteiger partial charge on any atom is -0.490 e. The van der Waals surface area contributed by atoms with Gasteiger partial charge in [-0.25, -0.2) is 5.43 Å². The van der Waals surface area contributed by atoms with Crippen molar-refractivity contribution in [1.82, 2.24) is 5.43 Å². The maximum Gasteiger partial charge on any atom is 0.271 e. The monoisotopic (exact) mass is 596 g/mol. The zero-order valence-electron chi connectivity index (χ0n) is 24.7. The van der Waals surface area contributed by atoms with Crippen LogP contribution in [0.25, 0.3) is 0 Å². The topological polar surface area (TPSA) is 132 Å². The fraction of sp³-hybridized carbons (Fsp3) is 0.382. The van der Waals surface area contributed by atoms with Crippen LogP contribution in [0.15, 0.2) is 71.8 Å². The molecule has 4 aliphatic rings. The van der Waals surface area contributed by atoms with Crippen molar-refractivity contribution in [2.75, 3.05) is 18.5 Å². The molecule has 0 aromatic heterocycles. The Kier molecular flexibility index (Phi) is 8.32. The van der Waals surface area contributed by atoms with Gasteiger partial charge in [0, 0.05) is 23.4 Å². The van der Waals surface area contributed by atoms with Crippen molar-refractivity contribution in [2.24, 2.45) is 22.9 Å². The third-order valence-electron chi connectivity index (χ3n) is 9.17. The highest BCUT2D eigenvalue weighted by atomic mass is 16.6. The number of nitrogens with one attached hydrogen (secondary N) is 2. The molecule has 44 heavy (non-hydrogen) atoms. The Bertz CT molecular complexity index is 1530. The number of carbonyl (C=O) groups excluding carboxylic acids is 2. The number of nitro benzene ring substituents is 1. The zero-order valence-corrected chi connectivity index (χ0v) is 24.7. The Morgan fingerprint density at radius 1 is 0.932 bits per heavy atom. The third kappa shape index (κ3) is 6.44. The van der Waals surface area contributed by atoms with Crippen LogP contribution in [-0.2, 0) is 10.2 Å². The number of hydrogen-bond acceptors (Lipinski definition) is 7. The number of nitrogens with zero attached hydrogens (tertiary/aromatic N) is 2. The van der Waals surface area contributed by atoms with Crippen LogP contribution in [0.4, 0.5) is 11.4 Å². The lowest BCUT2D eigenvalue weighted by Crippen LogP contribution is -2.48. The maximum atomic E-state index is 12.7. The number of non-ortho nitro benzene ring substituents is 1. The van der Waals surface area contributed by atoms with Crippen LogP contribution in [0, 0.1) is 27.9 Å². The summed E-state index contributed by atoms with van der Waals surface area (Å²) in [5.74, 6) is 2.73. The van der Waals surface area contributed by atoms with Gasteiger partial charge in [0.05, 0.1) is 17.7 Å². The highest BCUT2D eigenvalue weighted by Gasteiger charge is 2.51. The number of rotatable bonds is 11. The van der Waals surface area contributed by atoms with E-state index in [1.54, 1.807) is 18.2 Å². The second kappa shape index (κ2) is 12.5. The second-order valence-corrected chi connectivity index (χ2v) is 12.3. The summed E-state index contributed by atoms with van der Waals surface area (Å²) in [7, 11) is 0. The number of hydrogen-bond donors (Lipinski definition) is 2. The van der Waals surface area contributed by atoms with Crippen LogP contribution in [-0.4, -0.2) is 36.2 Å². The fourth-order valence-electron chi connectivity index (χ4n) is 7.67. The second-order valence-electron chi connectivity index (χ2n) is 12.3. The van der Waals surface area contributed by atoms with E-state index in [-0.39, 0.29) is 23.8 Å². The van der Waals surface area contributed by atoms with Gasteiger partial charge in [0.2, 0.25) is 0 Å². The van der Waals surface area contributed by atoms with Crippen molar-refractivity contribution >= 4 is 29.4 Å². The van der Waals surface area contributed by atoms with Gasteiger partial charge in [-0.15, -0.1) is 0 Å². The minimum atomic E-state index is -0.532. The summed E-state index contributed by atoms with van der Waals surface area (Å²) in [6.07, 6.45) is 9.61. The van der Waals surface area contributed by atoms with Gasteiger partial charge in [0.1, 0.15) is 0 Å². The number of anilines is 1. The Balaban J connectivity index is 1.02. The van der Waals surface area contributed by atoms with Gasteiger partial charge in [-0.05, 0) is 122 Å².